The zero-order valence-electron chi connectivity index (χ0n) is 12.4. The number of ether oxygens (including phenoxy) is 1. The van der Waals surface area contributed by atoms with Gasteiger partial charge in [-0.25, -0.2) is 0 Å². The van der Waals surface area contributed by atoms with E-state index in [1.165, 1.54) is 0 Å². The second-order valence-electron chi connectivity index (χ2n) is 5.42. The highest BCUT2D eigenvalue weighted by molar-refractivity contribution is 7.99. The van der Waals surface area contributed by atoms with E-state index in [0.29, 0.717) is 17.4 Å². The van der Waals surface area contributed by atoms with Crippen LogP contribution in [-0.2, 0) is 4.79 Å². The smallest absolute Gasteiger partial charge is 0.232 e. The molecule has 1 heterocycles. The summed E-state index contributed by atoms with van der Waals surface area (Å²) in [6, 6.07) is 7.33. The minimum Gasteiger partial charge on any atom is -0.493 e. The van der Waals surface area contributed by atoms with Crippen molar-refractivity contribution in [2.45, 2.75) is 19.8 Å². The maximum Gasteiger partial charge on any atom is 0.232 e. The largest absolute Gasteiger partial charge is 0.493 e. The average molecular weight is 328 g/mol. The Balaban J connectivity index is 1.57. The SMILES string of the molecule is CC1CCN(C(=O)CSCCOc2ccc(Cl)cc2)CC1. The van der Waals surface area contributed by atoms with Gasteiger partial charge in [-0.15, -0.1) is 11.8 Å². The van der Waals surface area contributed by atoms with E-state index < -0.39 is 0 Å². The first kappa shape index (κ1) is 16.5. The highest BCUT2D eigenvalue weighted by atomic mass is 35.5. The van der Waals surface area contributed by atoms with Crippen LogP contribution in [0, 0.1) is 5.92 Å². The summed E-state index contributed by atoms with van der Waals surface area (Å²) in [5, 5.41) is 0.707. The Morgan fingerprint density at radius 1 is 1.33 bits per heavy atom. The molecule has 1 saturated heterocycles. The summed E-state index contributed by atoms with van der Waals surface area (Å²) in [5.41, 5.74) is 0. The molecule has 0 atom stereocenters. The van der Waals surface area contributed by atoms with Crippen LogP contribution in [0.5, 0.6) is 5.75 Å². The van der Waals surface area contributed by atoms with E-state index in [2.05, 4.69) is 6.92 Å². The second kappa shape index (κ2) is 8.54. The molecule has 116 valence electrons. The van der Waals surface area contributed by atoms with Crippen molar-refractivity contribution >= 4 is 29.3 Å². The molecule has 0 unspecified atom stereocenters. The fourth-order valence-electron chi connectivity index (χ4n) is 2.26. The van der Waals surface area contributed by atoms with Crippen LogP contribution in [0.25, 0.3) is 0 Å². The fourth-order valence-corrected chi connectivity index (χ4v) is 3.09. The number of thioether (sulfide) groups is 1. The number of carbonyl (C=O) groups excluding carboxylic acids is 1. The number of likely N-dealkylation sites (tertiary alicyclic amines) is 1. The van der Waals surface area contributed by atoms with Crippen molar-refractivity contribution in [1.82, 2.24) is 4.90 Å². The number of rotatable bonds is 6. The highest BCUT2D eigenvalue weighted by Crippen LogP contribution is 2.18. The number of nitrogens with zero attached hydrogens (tertiary/aromatic N) is 1. The van der Waals surface area contributed by atoms with Crippen molar-refractivity contribution in [2.24, 2.45) is 5.92 Å². The van der Waals surface area contributed by atoms with Gasteiger partial charge in [0, 0.05) is 23.9 Å². The van der Waals surface area contributed by atoms with Crippen molar-refractivity contribution in [3.63, 3.8) is 0 Å². The molecule has 0 bridgehead atoms. The zero-order chi connectivity index (χ0) is 15.1. The predicted octanol–water partition coefficient (Wildman–Crippen LogP) is 3.71. The lowest BCUT2D eigenvalue weighted by molar-refractivity contribution is -0.129. The molecule has 1 aromatic rings. The van der Waals surface area contributed by atoms with Gasteiger partial charge in [-0.3, -0.25) is 4.79 Å². The number of carbonyl (C=O) groups is 1. The molecule has 0 spiro atoms. The number of piperidine rings is 1. The summed E-state index contributed by atoms with van der Waals surface area (Å²) in [6.07, 6.45) is 2.27. The van der Waals surface area contributed by atoms with Crippen molar-refractivity contribution in [3.8, 4) is 5.75 Å². The van der Waals surface area contributed by atoms with E-state index in [9.17, 15) is 4.79 Å². The van der Waals surface area contributed by atoms with Crippen molar-refractivity contribution in [1.29, 1.82) is 0 Å². The number of hydrogen-bond acceptors (Lipinski definition) is 3. The van der Waals surface area contributed by atoms with Crippen LogP contribution in [0.3, 0.4) is 0 Å². The Morgan fingerprint density at radius 2 is 2.00 bits per heavy atom. The molecular formula is C16H22ClNO2S. The zero-order valence-corrected chi connectivity index (χ0v) is 14.0. The Bertz CT molecular complexity index is 444. The van der Waals surface area contributed by atoms with E-state index in [1.807, 2.05) is 29.2 Å². The third-order valence-electron chi connectivity index (χ3n) is 3.67. The third-order valence-corrected chi connectivity index (χ3v) is 4.83. The van der Waals surface area contributed by atoms with Crippen LogP contribution < -0.4 is 4.74 Å². The monoisotopic (exact) mass is 327 g/mol. The molecule has 0 aliphatic carbocycles. The molecule has 0 saturated carbocycles. The molecule has 1 aromatic carbocycles. The molecule has 1 aliphatic rings. The van der Waals surface area contributed by atoms with E-state index in [1.54, 1.807) is 11.8 Å². The van der Waals surface area contributed by atoms with Gasteiger partial charge in [-0.2, -0.15) is 0 Å². The average Bonchev–Trinajstić information content (AvgIpc) is 2.49. The molecule has 21 heavy (non-hydrogen) atoms. The van der Waals surface area contributed by atoms with Crippen LogP contribution in [0.4, 0.5) is 0 Å². The summed E-state index contributed by atoms with van der Waals surface area (Å²) in [6.45, 7) is 4.70. The summed E-state index contributed by atoms with van der Waals surface area (Å²) in [7, 11) is 0. The maximum absolute atomic E-state index is 12.0. The molecule has 0 aromatic heterocycles. The van der Waals surface area contributed by atoms with Gasteiger partial charge in [-0.05, 0) is 43.0 Å². The Labute approximate surface area is 136 Å². The van der Waals surface area contributed by atoms with Gasteiger partial charge >= 0.3 is 0 Å². The molecule has 1 fully saturated rings. The molecule has 2 rings (SSSR count). The van der Waals surface area contributed by atoms with Gasteiger partial charge in [-0.1, -0.05) is 18.5 Å². The Hall–Kier alpha value is -0.870. The van der Waals surface area contributed by atoms with Gasteiger partial charge in [0.15, 0.2) is 0 Å². The number of halogens is 1. The van der Waals surface area contributed by atoms with Crippen LogP contribution in [-0.4, -0.2) is 42.0 Å². The maximum atomic E-state index is 12.0. The standard InChI is InChI=1S/C16H22ClNO2S/c1-13-6-8-18(9-7-13)16(19)12-21-11-10-20-15-4-2-14(17)3-5-15/h2-5,13H,6-12H2,1H3. The van der Waals surface area contributed by atoms with Crippen LogP contribution >= 0.6 is 23.4 Å². The Morgan fingerprint density at radius 3 is 2.67 bits per heavy atom. The summed E-state index contributed by atoms with van der Waals surface area (Å²) < 4.78 is 5.60. The second-order valence-corrected chi connectivity index (χ2v) is 6.96. The topological polar surface area (TPSA) is 29.5 Å². The van der Waals surface area contributed by atoms with Gasteiger partial charge in [0.1, 0.15) is 5.75 Å². The molecule has 5 heteroatoms. The normalized spacial score (nSPS) is 16.0. The first-order chi connectivity index (χ1) is 10.1. The summed E-state index contributed by atoms with van der Waals surface area (Å²) in [4.78, 5) is 14.0. The van der Waals surface area contributed by atoms with Crippen LogP contribution in [0.15, 0.2) is 24.3 Å². The molecule has 3 nitrogen and oxygen atoms in total. The van der Waals surface area contributed by atoms with Crippen LogP contribution in [0.2, 0.25) is 5.02 Å². The molecule has 0 radical (unpaired) electrons. The first-order valence-electron chi connectivity index (χ1n) is 7.39. The quantitative estimate of drug-likeness (QED) is 0.746. The van der Waals surface area contributed by atoms with E-state index >= 15 is 0 Å². The Kier molecular flexibility index (Phi) is 6.71. The van der Waals surface area contributed by atoms with Gasteiger partial charge in [0.25, 0.3) is 0 Å². The van der Waals surface area contributed by atoms with Gasteiger partial charge in [0.2, 0.25) is 5.91 Å². The van der Waals surface area contributed by atoms with E-state index in [0.717, 1.165) is 43.4 Å². The van der Waals surface area contributed by atoms with E-state index in [-0.39, 0.29) is 5.91 Å². The lowest BCUT2D eigenvalue weighted by Crippen LogP contribution is -2.39. The van der Waals surface area contributed by atoms with E-state index in [4.69, 9.17) is 16.3 Å². The van der Waals surface area contributed by atoms with Crippen molar-refractivity contribution < 1.29 is 9.53 Å². The lowest BCUT2D eigenvalue weighted by Gasteiger charge is -2.30. The molecule has 1 aliphatic heterocycles. The lowest BCUT2D eigenvalue weighted by atomic mass is 9.99. The highest BCUT2D eigenvalue weighted by Gasteiger charge is 2.19. The first-order valence-corrected chi connectivity index (χ1v) is 8.92. The van der Waals surface area contributed by atoms with Crippen molar-refractivity contribution in [3.05, 3.63) is 29.3 Å². The fraction of sp³-hybridized carbons (Fsp3) is 0.562. The molecule has 1 amide bonds. The van der Waals surface area contributed by atoms with Crippen LogP contribution in [0.1, 0.15) is 19.8 Å². The molecular weight excluding hydrogens is 306 g/mol. The third kappa shape index (κ3) is 5.79. The van der Waals surface area contributed by atoms with Crippen molar-refractivity contribution in [2.75, 3.05) is 31.2 Å². The minimum absolute atomic E-state index is 0.262. The molecule has 0 N–H and O–H groups in total. The number of hydrogen-bond donors (Lipinski definition) is 0. The predicted molar refractivity (Wildman–Crippen MR) is 89.3 cm³/mol. The van der Waals surface area contributed by atoms with Gasteiger partial charge in [0.05, 0.1) is 12.4 Å². The summed E-state index contributed by atoms with van der Waals surface area (Å²) in [5.74, 6) is 3.21. The number of benzene rings is 1. The minimum atomic E-state index is 0.262. The number of amides is 1. The van der Waals surface area contributed by atoms with Gasteiger partial charge < -0.3 is 9.64 Å². The summed E-state index contributed by atoms with van der Waals surface area (Å²) >= 11 is 7.45.